The Morgan fingerprint density at radius 2 is 2.27 bits per heavy atom. The summed E-state index contributed by atoms with van der Waals surface area (Å²) < 4.78 is 12.8. The first kappa shape index (κ1) is 10.3. The van der Waals surface area contributed by atoms with Crippen molar-refractivity contribution < 1.29 is 14.3 Å². The number of Topliss-reactive ketones (excluding diaryl/α,β-unsaturated/α-hetero) is 1. The van der Waals surface area contributed by atoms with Crippen LogP contribution in [0.15, 0.2) is 24.3 Å². The number of benzene rings is 1. The third-order valence-electron chi connectivity index (χ3n) is 2.67. The lowest BCUT2D eigenvalue weighted by atomic mass is 10.0. The van der Waals surface area contributed by atoms with Gasteiger partial charge in [-0.05, 0) is 36.5 Å². The zero-order valence-electron chi connectivity index (χ0n) is 8.32. The minimum Gasteiger partial charge on any atom is -0.385 e. The molecule has 1 fully saturated rings. The van der Waals surface area contributed by atoms with Crippen molar-refractivity contribution in [1.29, 1.82) is 0 Å². The number of ketones is 1. The lowest BCUT2D eigenvalue weighted by molar-refractivity contribution is -0.127. The molecule has 1 N–H and O–H groups in total. The maximum absolute atomic E-state index is 12.8. The molecule has 1 unspecified atom stereocenters. The first-order chi connectivity index (χ1) is 7.16. The van der Waals surface area contributed by atoms with Gasteiger partial charge in [-0.1, -0.05) is 12.1 Å². The highest BCUT2D eigenvalue weighted by Crippen LogP contribution is 2.33. The van der Waals surface area contributed by atoms with Gasteiger partial charge in [0.2, 0.25) is 0 Å². The fourth-order valence-electron chi connectivity index (χ4n) is 1.63. The summed E-state index contributed by atoms with van der Waals surface area (Å²) in [5.74, 6) is -0.407. The SMILES string of the molecule is O=C(Cc1cccc(F)c1)C(O)C1CC1. The molecule has 0 radical (unpaired) electrons. The number of hydrogen-bond donors (Lipinski definition) is 1. The van der Waals surface area contributed by atoms with E-state index < -0.39 is 6.10 Å². The molecule has 0 amide bonds. The number of hydrogen-bond acceptors (Lipinski definition) is 2. The normalized spacial score (nSPS) is 17.5. The van der Waals surface area contributed by atoms with Crippen LogP contribution in [0.3, 0.4) is 0 Å². The highest BCUT2D eigenvalue weighted by atomic mass is 19.1. The van der Waals surface area contributed by atoms with Crippen molar-refractivity contribution in [2.75, 3.05) is 0 Å². The number of halogens is 1. The molecule has 15 heavy (non-hydrogen) atoms. The van der Waals surface area contributed by atoms with Crippen molar-refractivity contribution in [3.05, 3.63) is 35.6 Å². The minimum atomic E-state index is -0.853. The summed E-state index contributed by atoms with van der Waals surface area (Å²) >= 11 is 0. The Hall–Kier alpha value is -1.22. The lowest BCUT2D eigenvalue weighted by Crippen LogP contribution is -2.24. The molecule has 2 rings (SSSR count). The van der Waals surface area contributed by atoms with Gasteiger partial charge in [0.1, 0.15) is 11.9 Å². The molecule has 1 atom stereocenters. The molecule has 0 aromatic heterocycles. The second kappa shape index (κ2) is 4.11. The van der Waals surface area contributed by atoms with Crippen molar-refractivity contribution in [2.45, 2.75) is 25.4 Å². The van der Waals surface area contributed by atoms with E-state index in [4.69, 9.17) is 0 Å². The van der Waals surface area contributed by atoms with Crippen molar-refractivity contribution in [2.24, 2.45) is 5.92 Å². The van der Waals surface area contributed by atoms with Crippen LogP contribution in [-0.4, -0.2) is 17.0 Å². The third-order valence-corrected chi connectivity index (χ3v) is 2.67. The monoisotopic (exact) mass is 208 g/mol. The molecule has 80 valence electrons. The molecule has 1 aromatic carbocycles. The highest BCUT2D eigenvalue weighted by Gasteiger charge is 2.34. The van der Waals surface area contributed by atoms with E-state index in [2.05, 4.69) is 0 Å². The van der Waals surface area contributed by atoms with Crippen molar-refractivity contribution in [1.82, 2.24) is 0 Å². The Kier molecular flexibility index (Phi) is 2.82. The molecule has 0 heterocycles. The van der Waals surface area contributed by atoms with E-state index >= 15 is 0 Å². The van der Waals surface area contributed by atoms with E-state index in [-0.39, 0.29) is 23.9 Å². The van der Waals surface area contributed by atoms with Crippen molar-refractivity contribution in [3.8, 4) is 0 Å². The van der Waals surface area contributed by atoms with Gasteiger partial charge < -0.3 is 5.11 Å². The number of carbonyl (C=O) groups is 1. The number of carbonyl (C=O) groups excluding carboxylic acids is 1. The summed E-state index contributed by atoms with van der Waals surface area (Å²) in [6, 6.07) is 5.94. The first-order valence-electron chi connectivity index (χ1n) is 5.12. The van der Waals surface area contributed by atoms with Gasteiger partial charge in [0, 0.05) is 6.42 Å². The average molecular weight is 208 g/mol. The zero-order chi connectivity index (χ0) is 10.8. The molecular formula is C12H13FO2. The Labute approximate surface area is 87.7 Å². The standard InChI is InChI=1S/C12H13FO2/c13-10-3-1-2-8(6-10)7-11(14)12(15)9-4-5-9/h1-3,6,9,12,15H,4-5,7H2. The average Bonchev–Trinajstić information content (AvgIpc) is 2.99. The van der Waals surface area contributed by atoms with Crippen LogP contribution in [0.2, 0.25) is 0 Å². The predicted molar refractivity (Wildman–Crippen MR) is 53.8 cm³/mol. The third kappa shape index (κ3) is 2.63. The maximum Gasteiger partial charge on any atom is 0.165 e. The summed E-state index contributed by atoms with van der Waals surface area (Å²) in [7, 11) is 0. The largest absolute Gasteiger partial charge is 0.385 e. The van der Waals surface area contributed by atoms with Crippen LogP contribution in [-0.2, 0) is 11.2 Å². The zero-order valence-corrected chi connectivity index (χ0v) is 8.32. The van der Waals surface area contributed by atoms with Gasteiger partial charge in [-0.2, -0.15) is 0 Å². The quantitative estimate of drug-likeness (QED) is 0.817. The molecule has 3 heteroatoms. The van der Waals surface area contributed by atoms with Crippen LogP contribution in [0, 0.1) is 11.7 Å². The first-order valence-corrected chi connectivity index (χ1v) is 5.12. The molecular weight excluding hydrogens is 195 g/mol. The minimum absolute atomic E-state index is 0.120. The Morgan fingerprint density at radius 3 is 2.87 bits per heavy atom. The van der Waals surface area contributed by atoms with E-state index in [0.717, 1.165) is 12.8 Å². The summed E-state index contributed by atoms with van der Waals surface area (Å²) in [6.07, 6.45) is 1.12. The van der Waals surface area contributed by atoms with Gasteiger partial charge in [-0.15, -0.1) is 0 Å². The van der Waals surface area contributed by atoms with Crippen LogP contribution in [0.1, 0.15) is 18.4 Å². The Morgan fingerprint density at radius 1 is 1.53 bits per heavy atom. The van der Waals surface area contributed by atoms with Gasteiger partial charge in [-0.25, -0.2) is 4.39 Å². The molecule has 1 aromatic rings. The maximum atomic E-state index is 12.8. The van der Waals surface area contributed by atoms with Gasteiger partial charge in [0.15, 0.2) is 5.78 Å². The van der Waals surface area contributed by atoms with Crippen molar-refractivity contribution in [3.63, 3.8) is 0 Å². The molecule has 1 aliphatic carbocycles. The number of aliphatic hydroxyl groups is 1. The molecule has 0 saturated heterocycles. The Balaban J connectivity index is 1.98. The van der Waals surface area contributed by atoms with Crippen molar-refractivity contribution >= 4 is 5.78 Å². The summed E-state index contributed by atoms with van der Waals surface area (Å²) in [6.45, 7) is 0. The van der Waals surface area contributed by atoms with Gasteiger partial charge in [0.25, 0.3) is 0 Å². The van der Waals surface area contributed by atoms with Crippen LogP contribution < -0.4 is 0 Å². The summed E-state index contributed by atoms with van der Waals surface area (Å²) in [5.41, 5.74) is 0.625. The molecule has 1 aliphatic rings. The van der Waals surface area contributed by atoms with E-state index in [9.17, 15) is 14.3 Å². The Bertz CT molecular complexity index is 372. The van der Waals surface area contributed by atoms with Crippen LogP contribution >= 0.6 is 0 Å². The second-order valence-corrected chi connectivity index (χ2v) is 4.06. The lowest BCUT2D eigenvalue weighted by Gasteiger charge is -2.07. The predicted octanol–water partition coefficient (Wildman–Crippen LogP) is 1.71. The fourth-order valence-corrected chi connectivity index (χ4v) is 1.63. The van der Waals surface area contributed by atoms with Gasteiger partial charge >= 0.3 is 0 Å². The molecule has 0 bridgehead atoms. The van der Waals surface area contributed by atoms with E-state index in [1.807, 2.05) is 0 Å². The highest BCUT2D eigenvalue weighted by molar-refractivity contribution is 5.85. The number of rotatable bonds is 4. The van der Waals surface area contributed by atoms with Crippen LogP contribution in [0.25, 0.3) is 0 Å². The molecule has 2 nitrogen and oxygen atoms in total. The topological polar surface area (TPSA) is 37.3 Å². The number of aliphatic hydroxyl groups excluding tert-OH is 1. The molecule has 1 saturated carbocycles. The van der Waals surface area contributed by atoms with E-state index in [1.165, 1.54) is 12.1 Å². The summed E-state index contributed by atoms with van der Waals surface area (Å²) in [5, 5.41) is 9.54. The van der Waals surface area contributed by atoms with Gasteiger partial charge in [0.05, 0.1) is 0 Å². The van der Waals surface area contributed by atoms with E-state index in [0.29, 0.717) is 5.56 Å². The summed E-state index contributed by atoms with van der Waals surface area (Å²) in [4.78, 5) is 11.5. The fraction of sp³-hybridized carbons (Fsp3) is 0.417. The van der Waals surface area contributed by atoms with Crippen LogP contribution in [0.5, 0.6) is 0 Å². The smallest absolute Gasteiger partial charge is 0.165 e. The molecule has 0 aliphatic heterocycles. The van der Waals surface area contributed by atoms with Crippen LogP contribution in [0.4, 0.5) is 4.39 Å². The van der Waals surface area contributed by atoms with E-state index in [1.54, 1.807) is 12.1 Å². The second-order valence-electron chi connectivity index (χ2n) is 4.06. The molecule has 0 spiro atoms. The van der Waals surface area contributed by atoms with Gasteiger partial charge in [-0.3, -0.25) is 4.79 Å².